The summed E-state index contributed by atoms with van der Waals surface area (Å²) in [6, 6.07) is -0.759. The third-order valence-corrected chi connectivity index (χ3v) is 12.9. The van der Waals surface area contributed by atoms with Gasteiger partial charge in [-0.25, -0.2) is 0 Å². The summed E-state index contributed by atoms with van der Waals surface area (Å²) in [5.74, 6) is -0.324. The van der Waals surface area contributed by atoms with Crippen LogP contribution in [0.4, 0.5) is 0 Å². The topological polar surface area (TPSA) is 89.8 Å². The number of carbonyl (C=O) groups excluding carboxylic acids is 1. The third-order valence-electron chi connectivity index (χ3n) is 12.9. The second-order valence-corrected chi connectivity index (χ2v) is 19.2. The molecule has 0 bridgehead atoms. The van der Waals surface area contributed by atoms with Crippen molar-refractivity contribution in [3.8, 4) is 0 Å². The average Bonchev–Trinajstić information content (AvgIpc) is 3.27. The number of allylic oxidation sites excluding steroid dienone is 5. The monoisotopic (exact) mass is 872 g/mol. The van der Waals surface area contributed by atoms with Gasteiger partial charge in [0.25, 0.3) is 0 Å². The number of amides is 1. The van der Waals surface area contributed by atoms with Crippen LogP contribution < -0.4 is 5.32 Å². The molecular formula is C57H109NO4. The lowest BCUT2D eigenvalue weighted by molar-refractivity contribution is -0.124. The van der Waals surface area contributed by atoms with Crippen molar-refractivity contribution in [2.45, 2.75) is 315 Å². The maximum atomic E-state index is 12.5. The van der Waals surface area contributed by atoms with Gasteiger partial charge in [0.05, 0.1) is 31.3 Å². The van der Waals surface area contributed by atoms with Crippen LogP contribution in [0.25, 0.3) is 0 Å². The Kier molecular flexibility index (Phi) is 51.0. The zero-order valence-corrected chi connectivity index (χ0v) is 41.8. The highest BCUT2D eigenvalue weighted by molar-refractivity contribution is 5.76. The van der Waals surface area contributed by atoms with E-state index in [0.717, 1.165) is 32.1 Å². The van der Waals surface area contributed by atoms with Crippen LogP contribution in [0, 0.1) is 0 Å². The number of carbonyl (C=O) groups is 1. The molecule has 0 spiro atoms. The minimum atomic E-state index is -0.950. The first-order valence-electron chi connectivity index (χ1n) is 27.8. The Balaban J connectivity index is 3.47. The molecule has 0 aliphatic rings. The highest BCUT2D eigenvalue weighted by Gasteiger charge is 2.20. The Morgan fingerprint density at radius 1 is 0.403 bits per heavy atom. The molecule has 3 unspecified atom stereocenters. The normalized spacial score (nSPS) is 13.6. The van der Waals surface area contributed by atoms with Crippen LogP contribution in [0.5, 0.6) is 0 Å². The lowest BCUT2D eigenvalue weighted by Gasteiger charge is -2.21. The van der Waals surface area contributed by atoms with E-state index in [1.807, 2.05) is 6.08 Å². The van der Waals surface area contributed by atoms with E-state index in [-0.39, 0.29) is 18.9 Å². The van der Waals surface area contributed by atoms with Crippen molar-refractivity contribution in [2.24, 2.45) is 0 Å². The van der Waals surface area contributed by atoms with Crippen molar-refractivity contribution in [3.05, 3.63) is 36.5 Å². The van der Waals surface area contributed by atoms with Crippen molar-refractivity contribution in [3.63, 3.8) is 0 Å². The Labute approximate surface area is 387 Å². The fourth-order valence-corrected chi connectivity index (χ4v) is 8.65. The fraction of sp³-hybridized carbons (Fsp3) is 0.877. The molecule has 0 aliphatic carbocycles. The first-order chi connectivity index (χ1) is 30.5. The summed E-state index contributed by atoms with van der Waals surface area (Å²) in [6.45, 7) is 4.20. The van der Waals surface area contributed by atoms with E-state index in [1.54, 1.807) is 6.08 Å². The number of nitrogens with one attached hydrogen (secondary N) is 1. The van der Waals surface area contributed by atoms with E-state index in [0.29, 0.717) is 6.42 Å². The molecule has 4 N–H and O–H groups in total. The summed E-state index contributed by atoms with van der Waals surface area (Å²) in [6.07, 6.45) is 67.8. The first-order valence-corrected chi connectivity index (χ1v) is 27.8. The van der Waals surface area contributed by atoms with Gasteiger partial charge in [0.2, 0.25) is 5.91 Å². The van der Waals surface area contributed by atoms with Crippen LogP contribution >= 0.6 is 0 Å². The molecule has 5 nitrogen and oxygen atoms in total. The molecule has 0 radical (unpaired) electrons. The standard InChI is InChI=1S/C57H109NO4/c1-3-5-7-9-11-13-15-17-18-19-20-21-22-23-24-25-26-27-28-29-30-31-32-33-34-35-36-37-38-39-40-42-44-46-48-50-54(60)52-57(62)58-55(53-59)56(61)51-49-47-45-43-41-16-14-12-10-8-6-4-2/h27-28,41,43,49,51,54-56,59-61H,3-26,29-40,42,44-48,50,52-53H2,1-2H3,(H,58,62)/b28-27-,43-41+,51-49+. The minimum absolute atomic E-state index is 0.00754. The van der Waals surface area contributed by atoms with E-state index in [1.165, 1.54) is 238 Å². The molecule has 0 rings (SSSR count). The molecule has 0 saturated carbocycles. The van der Waals surface area contributed by atoms with Crippen molar-refractivity contribution in [1.29, 1.82) is 0 Å². The van der Waals surface area contributed by atoms with Gasteiger partial charge in [0, 0.05) is 0 Å². The van der Waals surface area contributed by atoms with Gasteiger partial charge in [0.15, 0.2) is 0 Å². The van der Waals surface area contributed by atoms with Gasteiger partial charge in [-0.1, -0.05) is 269 Å². The Bertz CT molecular complexity index is 962. The number of aliphatic hydroxyl groups is 3. The highest BCUT2D eigenvalue weighted by Crippen LogP contribution is 2.17. The maximum absolute atomic E-state index is 12.5. The predicted octanol–water partition coefficient (Wildman–Crippen LogP) is 17.1. The van der Waals surface area contributed by atoms with Gasteiger partial charge in [-0.05, 0) is 57.8 Å². The van der Waals surface area contributed by atoms with E-state index in [4.69, 9.17) is 0 Å². The van der Waals surface area contributed by atoms with Crippen molar-refractivity contribution in [1.82, 2.24) is 5.32 Å². The maximum Gasteiger partial charge on any atom is 0.222 e. The fourth-order valence-electron chi connectivity index (χ4n) is 8.65. The SMILES string of the molecule is CCCCCCCC/C=C/CC/C=C/C(O)C(CO)NC(=O)CC(O)CCCCCCCCCCCCCCCCC/C=C\CCCCCCCCCCCCCCCCCC. The number of rotatable bonds is 51. The highest BCUT2D eigenvalue weighted by atomic mass is 16.3. The first kappa shape index (κ1) is 60.6. The summed E-state index contributed by atoms with van der Waals surface area (Å²) in [5, 5.41) is 33.3. The molecule has 366 valence electrons. The molecule has 3 atom stereocenters. The molecule has 62 heavy (non-hydrogen) atoms. The summed E-state index contributed by atoms with van der Waals surface area (Å²) in [5.41, 5.74) is 0. The lowest BCUT2D eigenvalue weighted by Crippen LogP contribution is -2.45. The van der Waals surface area contributed by atoms with E-state index >= 15 is 0 Å². The van der Waals surface area contributed by atoms with Crippen molar-refractivity contribution >= 4 is 5.91 Å². The second-order valence-electron chi connectivity index (χ2n) is 19.2. The number of hydrogen-bond donors (Lipinski definition) is 4. The summed E-state index contributed by atoms with van der Waals surface area (Å²) in [4.78, 5) is 12.5. The zero-order valence-electron chi connectivity index (χ0n) is 41.8. The summed E-state index contributed by atoms with van der Waals surface area (Å²) in [7, 11) is 0. The molecule has 0 aliphatic heterocycles. The molecule has 5 heteroatoms. The molecule has 0 saturated heterocycles. The van der Waals surface area contributed by atoms with Gasteiger partial charge < -0.3 is 20.6 Å². The van der Waals surface area contributed by atoms with Crippen molar-refractivity contribution in [2.75, 3.05) is 6.61 Å². The largest absolute Gasteiger partial charge is 0.394 e. The van der Waals surface area contributed by atoms with Crippen LogP contribution in [0.3, 0.4) is 0 Å². The molecule has 0 aromatic carbocycles. The second kappa shape index (κ2) is 52.2. The van der Waals surface area contributed by atoms with E-state index in [9.17, 15) is 20.1 Å². The van der Waals surface area contributed by atoms with E-state index in [2.05, 4.69) is 43.5 Å². The number of unbranched alkanes of at least 4 members (excludes halogenated alkanes) is 38. The van der Waals surface area contributed by atoms with Crippen LogP contribution in [-0.4, -0.2) is 46.1 Å². The average molecular weight is 873 g/mol. The van der Waals surface area contributed by atoms with E-state index < -0.39 is 18.2 Å². The Morgan fingerprint density at radius 2 is 0.694 bits per heavy atom. The predicted molar refractivity (Wildman–Crippen MR) is 273 cm³/mol. The van der Waals surface area contributed by atoms with Crippen LogP contribution in [0.2, 0.25) is 0 Å². The minimum Gasteiger partial charge on any atom is -0.394 e. The molecule has 0 aromatic rings. The Hall–Kier alpha value is -1.43. The summed E-state index contributed by atoms with van der Waals surface area (Å²) >= 11 is 0. The van der Waals surface area contributed by atoms with Gasteiger partial charge >= 0.3 is 0 Å². The van der Waals surface area contributed by atoms with Gasteiger partial charge in [0.1, 0.15) is 0 Å². The third kappa shape index (κ3) is 48.0. The van der Waals surface area contributed by atoms with Gasteiger partial charge in [-0.2, -0.15) is 0 Å². The number of hydrogen-bond acceptors (Lipinski definition) is 4. The summed E-state index contributed by atoms with van der Waals surface area (Å²) < 4.78 is 0. The molecule has 0 aromatic heterocycles. The van der Waals surface area contributed by atoms with Crippen LogP contribution in [-0.2, 0) is 4.79 Å². The molecule has 1 amide bonds. The van der Waals surface area contributed by atoms with Crippen LogP contribution in [0.1, 0.15) is 296 Å². The zero-order chi connectivity index (χ0) is 45.1. The quantitative estimate of drug-likeness (QED) is 0.0362. The van der Waals surface area contributed by atoms with Crippen LogP contribution in [0.15, 0.2) is 36.5 Å². The lowest BCUT2D eigenvalue weighted by atomic mass is 10.0. The molecule has 0 fully saturated rings. The smallest absolute Gasteiger partial charge is 0.222 e. The van der Waals surface area contributed by atoms with Crippen molar-refractivity contribution < 1.29 is 20.1 Å². The Morgan fingerprint density at radius 3 is 1.03 bits per heavy atom. The molecular weight excluding hydrogens is 763 g/mol. The van der Waals surface area contributed by atoms with Gasteiger partial charge in [-0.15, -0.1) is 0 Å². The number of aliphatic hydroxyl groups excluding tert-OH is 3. The molecule has 0 heterocycles. The van der Waals surface area contributed by atoms with Gasteiger partial charge in [-0.3, -0.25) is 4.79 Å².